The van der Waals surface area contributed by atoms with E-state index in [2.05, 4.69) is 38.0 Å². The summed E-state index contributed by atoms with van der Waals surface area (Å²) in [5.41, 5.74) is 0. The average Bonchev–Trinajstić information content (AvgIpc) is 2.99. The molecule has 0 radical (unpaired) electrons. The largest absolute Gasteiger partial charge is 0.314 e. The van der Waals surface area contributed by atoms with Gasteiger partial charge in [0.05, 0.1) is 0 Å². The third-order valence-electron chi connectivity index (χ3n) is 3.51. The molecule has 0 aromatic carbocycles. The first-order chi connectivity index (χ1) is 7.59. The van der Waals surface area contributed by atoms with E-state index in [4.69, 9.17) is 0 Å². The molecular weight excluding hydrogens is 196 g/mol. The van der Waals surface area contributed by atoms with Gasteiger partial charge in [0.1, 0.15) is 0 Å². The molecule has 1 fully saturated rings. The van der Waals surface area contributed by atoms with E-state index in [1.54, 1.807) is 0 Å². The zero-order chi connectivity index (χ0) is 12.0. The van der Waals surface area contributed by atoms with E-state index in [-0.39, 0.29) is 0 Å². The summed E-state index contributed by atoms with van der Waals surface area (Å²) in [6.45, 7) is 9.44. The number of nitrogens with one attached hydrogen (secondary N) is 1. The molecule has 0 spiro atoms. The van der Waals surface area contributed by atoms with Crippen molar-refractivity contribution in [1.29, 1.82) is 0 Å². The van der Waals surface area contributed by atoms with Crippen molar-refractivity contribution in [3.05, 3.63) is 0 Å². The lowest BCUT2D eigenvalue weighted by atomic mass is 10.0. The van der Waals surface area contributed by atoms with Crippen molar-refractivity contribution >= 4 is 0 Å². The van der Waals surface area contributed by atoms with Crippen LogP contribution in [0.4, 0.5) is 0 Å². The normalized spacial score (nSPS) is 18.4. The molecule has 0 heterocycles. The smallest absolute Gasteiger partial charge is 0.00682 e. The third kappa shape index (κ3) is 6.49. The molecule has 1 rings (SSSR count). The summed E-state index contributed by atoms with van der Waals surface area (Å²) in [6.07, 6.45) is 6.79. The molecule has 2 heteroatoms. The highest BCUT2D eigenvalue weighted by molar-refractivity contribution is 4.80. The molecule has 1 unspecified atom stereocenters. The second-order valence-corrected chi connectivity index (χ2v) is 5.89. The fourth-order valence-electron chi connectivity index (χ4n) is 2.16. The number of nitrogens with zero attached hydrogens (tertiary/aromatic N) is 1. The standard InChI is InChI=1S/C14H30N2/c1-12(2)11-13(3)16(4)10-6-5-9-15-14-7-8-14/h12-15H,5-11H2,1-4H3. The fourth-order valence-corrected chi connectivity index (χ4v) is 2.16. The Hall–Kier alpha value is -0.0800. The van der Waals surface area contributed by atoms with Crippen LogP contribution in [-0.2, 0) is 0 Å². The van der Waals surface area contributed by atoms with Gasteiger partial charge in [0.15, 0.2) is 0 Å². The van der Waals surface area contributed by atoms with Gasteiger partial charge in [0.25, 0.3) is 0 Å². The minimum atomic E-state index is 0.733. The summed E-state index contributed by atoms with van der Waals surface area (Å²) in [5, 5.41) is 3.57. The second-order valence-electron chi connectivity index (χ2n) is 5.89. The molecule has 1 aliphatic rings. The first-order valence-corrected chi connectivity index (χ1v) is 7.03. The van der Waals surface area contributed by atoms with Crippen molar-refractivity contribution in [1.82, 2.24) is 10.2 Å². The maximum atomic E-state index is 3.57. The topological polar surface area (TPSA) is 15.3 Å². The van der Waals surface area contributed by atoms with Crippen molar-refractivity contribution in [2.24, 2.45) is 5.92 Å². The molecule has 0 aliphatic heterocycles. The summed E-state index contributed by atoms with van der Waals surface area (Å²) >= 11 is 0. The molecule has 1 atom stereocenters. The van der Waals surface area contributed by atoms with Gasteiger partial charge in [-0.05, 0) is 65.1 Å². The van der Waals surface area contributed by atoms with Crippen LogP contribution in [-0.4, -0.2) is 37.1 Å². The van der Waals surface area contributed by atoms with Gasteiger partial charge in [0.2, 0.25) is 0 Å². The maximum Gasteiger partial charge on any atom is 0.00682 e. The van der Waals surface area contributed by atoms with Crippen molar-refractivity contribution in [2.75, 3.05) is 20.1 Å². The Bertz CT molecular complexity index is 176. The zero-order valence-corrected chi connectivity index (χ0v) is 11.6. The first kappa shape index (κ1) is 14.0. The number of rotatable bonds is 9. The monoisotopic (exact) mass is 226 g/mol. The quantitative estimate of drug-likeness (QED) is 0.608. The van der Waals surface area contributed by atoms with Gasteiger partial charge in [-0.1, -0.05) is 13.8 Å². The Morgan fingerprint density at radius 1 is 1.19 bits per heavy atom. The highest BCUT2D eigenvalue weighted by atomic mass is 15.1. The van der Waals surface area contributed by atoms with Gasteiger partial charge in [-0.25, -0.2) is 0 Å². The van der Waals surface area contributed by atoms with Crippen LogP contribution < -0.4 is 5.32 Å². The van der Waals surface area contributed by atoms with Gasteiger partial charge >= 0.3 is 0 Å². The summed E-state index contributed by atoms with van der Waals surface area (Å²) in [4.78, 5) is 2.51. The van der Waals surface area contributed by atoms with Crippen LogP contribution in [0.5, 0.6) is 0 Å². The van der Waals surface area contributed by atoms with E-state index in [0.717, 1.165) is 18.0 Å². The lowest BCUT2D eigenvalue weighted by molar-refractivity contribution is 0.224. The molecule has 16 heavy (non-hydrogen) atoms. The summed E-state index contributed by atoms with van der Waals surface area (Å²) in [5.74, 6) is 0.814. The SMILES string of the molecule is CC(C)CC(C)N(C)CCCCNC1CC1. The lowest BCUT2D eigenvalue weighted by Gasteiger charge is -2.26. The Labute approximate surface area is 102 Å². The molecule has 2 nitrogen and oxygen atoms in total. The van der Waals surface area contributed by atoms with E-state index >= 15 is 0 Å². The number of hydrogen-bond donors (Lipinski definition) is 1. The lowest BCUT2D eigenvalue weighted by Crippen LogP contribution is -2.31. The van der Waals surface area contributed by atoms with E-state index in [0.29, 0.717) is 0 Å². The summed E-state index contributed by atoms with van der Waals surface area (Å²) in [7, 11) is 2.27. The van der Waals surface area contributed by atoms with Gasteiger partial charge in [-0.15, -0.1) is 0 Å². The Balaban J connectivity index is 1.93. The van der Waals surface area contributed by atoms with Crippen molar-refractivity contribution in [2.45, 2.75) is 65.0 Å². The summed E-state index contributed by atoms with van der Waals surface area (Å²) in [6, 6.07) is 1.61. The molecule has 1 saturated carbocycles. The average molecular weight is 226 g/mol. The Morgan fingerprint density at radius 3 is 2.44 bits per heavy atom. The van der Waals surface area contributed by atoms with Crippen LogP contribution >= 0.6 is 0 Å². The molecule has 0 saturated heterocycles. The van der Waals surface area contributed by atoms with Crippen LogP contribution in [0.25, 0.3) is 0 Å². The minimum Gasteiger partial charge on any atom is -0.314 e. The van der Waals surface area contributed by atoms with Crippen LogP contribution in [0.2, 0.25) is 0 Å². The molecule has 1 N–H and O–H groups in total. The van der Waals surface area contributed by atoms with Crippen molar-refractivity contribution in [3.63, 3.8) is 0 Å². The van der Waals surface area contributed by atoms with Crippen LogP contribution in [0.1, 0.15) is 52.9 Å². The van der Waals surface area contributed by atoms with E-state index in [9.17, 15) is 0 Å². The van der Waals surface area contributed by atoms with E-state index in [1.807, 2.05) is 0 Å². The van der Waals surface area contributed by atoms with Crippen molar-refractivity contribution in [3.8, 4) is 0 Å². The van der Waals surface area contributed by atoms with Crippen LogP contribution in [0.3, 0.4) is 0 Å². The van der Waals surface area contributed by atoms with Gasteiger partial charge in [-0.3, -0.25) is 0 Å². The van der Waals surface area contributed by atoms with Gasteiger partial charge in [-0.2, -0.15) is 0 Å². The van der Waals surface area contributed by atoms with E-state index in [1.165, 1.54) is 45.2 Å². The highest BCUT2D eigenvalue weighted by Gasteiger charge is 2.19. The molecule has 96 valence electrons. The zero-order valence-electron chi connectivity index (χ0n) is 11.6. The van der Waals surface area contributed by atoms with Crippen LogP contribution in [0, 0.1) is 5.92 Å². The Kier molecular flexibility index (Phi) is 6.37. The summed E-state index contributed by atoms with van der Waals surface area (Å²) < 4.78 is 0. The molecule has 0 aromatic heterocycles. The van der Waals surface area contributed by atoms with E-state index < -0.39 is 0 Å². The number of hydrogen-bond acceptors (Lipinski definition) is 2. The minimum absolute atomic E-state index is 0.733. The predicted octanol–water partition coefficient (Wildman–Crippen LogP) is 2.89. The highest BCUT2D eigenvalue weighted by Crippen LogP contribution is 2.18. The van der Waals surface area contributed by atoms with Crippen molar-refractivity contribution < 1.29 is 0 Å². The second kappa shape index (κ2) is 7.29. The van der Waals surface area contributed by atoms with Gasteiger partial charge < -0.3 is 10.2 Å². The fraction of sp³-hybridized carbons (Fsp3) is 1.00. The molecule has 0 bridgehead atoms. The Morgan fingerprint density at radius 2 is 1.88 bits per heavy atom. The van der Waals surface area contributed by atoms with Gasteiger partial charge in [0, 0.05) is 12.1 Å². The predicted molar refractivity (Wildman–Crippen MR) is 71.8 cm³/mol. The molecule has 1 aliphatic carbocycles. The first-order valence-electron chi connectivity index (χ1n) is 7.03. The van der Waals surface area contributed by atoms with Crippen LogP contribution in [0.15, 0.2) is 0 Å². The third-order valence-corrected chi connectivity index (χ3v) is 3.51. The molecule has 0 aromatic rings. The molecular formula is C14H30N2. The maximum absolute atomic E-state index is 3.57. The molecule has 0 amide bonds. The number of unbranched alkanes of at least 4 members (excludes halogenated alkanes) is 1.